The van der Waals surface area contributed by atoms with E-state index >= 15 is 0 Å². The van der Waals surface area contributed by atoms with E-state index in [1.54, 1.807) is 38.8 Å². The van der Waals surface area contributed by atoms with Crippen molar-refractivity contribution in [2.45, 2.75) is 18.7 Å². The first-order valence-corrected chi connectivity index (χ1v) is 11.4. The second-order valence-corrected chi connectivity index (χ2v) is 9.18. The lowest BCUT2D eigenvalue weighted by atomic mass is 10.1. The number of methoxy groups -OCH3 is 1. The van der Waals surface area contributed by atoms with Gasteiger partial charge in [0.2, 0.25) is 0 Å². The van der Waals surface area contributed by atoms with Crippen LogP contribution in [0.15, 0.2) is 72.1 Å². The van der Waals surface area contributed by atoms with Crippen molar-refractivity contribution in [3.8, 4) is 34.1 Å². The highest BCUT2D eigenvalue weighted by molar-refractivity contribution is 7.91. The Morgan fingerprint density at radius 3 is 2.42 bits per heavy atom. The van der Waals surface area contributed by atoms with Gasteiger partial charge in [-0.15, -0.1) is 0 Å². The molecule has 0 radical (unpaired) electrons. The number of sulfone groups is 1. The van der Waals surface area contributed by atoms with Gasteiger partial charge in [0.1, 0.15) is 23.5 Å². The van der Waals surface area contributed by atoms with Crippen LogP contribution in [-0.2, 0) is 9.84 Å². The van der Waals surface area contributed by atoms with E-state index in [2.05, 4.69) is 15.0 Å². The van der Waals surface area contributed by atoms with Gasteiger partial charge in [0.05, 0.1) is 23.5 Å². The normalized spacial score (nSPS) is 11.5. The number of aromatic nitrogens is 4. The lowest BCUT2D eigenvalue weighted by Gasteiger charge is -2.11. The molecule has 0 aliphatic rings. The summed E-state index contributed by atoms with van der Waals surface area (Å²) in [6.07, 6.45) is 4.97. The molecule has 3 heterocycles. The maximum atomic E-state index is 12.9. The number of pyridine rings is 2. The van der Waals surface area contributed by atoms with Crippen molar-refractivity contribution < 1.29 is 13.2 Å². The molecule has 0 N–H and O–H groups in total. The zero-order valence-corrected chi connectivity index (χ0v) is 18.3. The molecule has 0 aliphatic heterocycles. The smallest absolute Gasteiger partial charge is 0.180 e. The van der Waals surface area contributed by atoms with Gasteiger partial charge in [-0.25, -0.2) is 13.4 Å². The highest BCUT2D eigenvalue weighted by atomic mass is 32.2. The summed E-state index contributed by atoms with van der Waals surface area (Å²) in [4.78, 5) is 13.5. The fourth-order valence-corrected chi connectivity index (χ4v) is 4.40. The van der Waals surface area contributed by atoms with Gasteiger partial charge in [0, 0.05) is 29.3 Å². The van der Waals surface area contributed by atoms with Crippen LogP contribution in [0.2, 0.25) is 0 Å². The maximum Gasteiger partial charge on any atom is 0.180 e. The van der Waals surface area contributed by atoms with E-state index in [0.29, 0.717) is 22.6 Å². The number of hydrogen-bond donors (Lipinski definition) is 0. The molecule has 7 nitrogen and oxygen atoms in total. The van der Waals surface area contributed by atoms with E-state index in [0.717, 1.165) is 17.1 Å². The monoisotopic (exact) mass is 434 g/mol. The zero-order valence-electron chi connectivity index (χ0n) is 17.5. The summed E-state index contributed by atoms with van der Waals surface area (Å²) >= 11 is 0. The fraction of sp³-hybridized carbons (Fsp3) is 0.174. The first-order chi connectivity index (χ1) is 14.9. The van der Waals surface area contributed by atoms with E-state index in [-0.39, 0.29) is 10.6 Å². The van der Waals surface area contributed by atoms with Gasteiger partial charge in [-0.1, -0.05) is 13.0 Å². The molecule has 0 atom stereocenters. The summed E-state index contributed by atoms with van der Waals surface area (Å²) in [5, 5.41) is 0. The summed E-state index contributed by atoms with van der Waals surface area (Å²) in [7, 11) is -1.93. The summed E-state index contributed by atoms with van der Waals surface area (Å²) in [6.45, 7) is 3.51. The second kappa shape index (κ2) is 8.31. The Morgan fingerprint density at radius 2 is 1.77 bits per heavy atom. The lowest BCUT2D eigenvalue weighted by Crippen LogP contribution is -2.08. The van der Waals surface area contributed by atoms with Gasteiger partial charge in [-0.05, 0) is 49.4 Å². The van der Waals surface area contributed by atoms with E-state index < -0.39 is 9.84 Å². The van der Waals surface area contributed by atoms with Crippen molar-refractivity contribution >= 4 is 9.84 Å². The van der Waals surface area contributed by atoms with Crippen LogP contribution in [0.25, 0.3) is 28.3 Å². The maximum absolute atomic E-state index is 12.9. The molecule has 31 heavy (non-hydrogen) atoms. The van der Waals surface area contributed by atoms with E-state index in [9.17, 15) is 8.42 Å². The molecule has 0 saturated carbocycles. The van der Waals surface area contributed by atoms with Gasteiger partial charge in [0.25, 0.3) is 0 Å². The molecule has 0 aliphatic carbocycles. The molecule has 0 fully saturated rings. The molecular weight excluding hydrogens is 412 g/mol. The van der Waals surface area contributed by atoms with Crippen molar-refractivity contribution in [2.24, 2.45) is 0 Å². The third-order valence-corrected chi connectivity index (χ3v) is 6.85. The molecule has 8 heteroatoms. The van der Waals surface area contributed by atoms with Crippen molar-refractivity contribution in [3.05, 3.63) is 72.9 Å². The molecule has 158 valence electrons. The average Bonchev–Trinajstić information content (AvgIpc) is 3.20. The number of imidazole rings is 1. The third kappa shape index (κ3) is 3.94. The van der Waals surface area contributed by atoms with E-state index in [1.165, 1.54) is 0 Å². The highest BCUT2D eigenvalue weighted by Crippen LogP contribution is 2.32. The lowest BCUT2D eigenvalue weighted by molar-refractivity contribution is 0.414. The number of rotatable bonds is 6. The van der Waals surface area contributed by atoms with Crippen molar-refractivity contribution in [3.63, 3.8) is 0 Å². The SMILES string of the molecule is CCS(=O)(=O)c1cc(-c2ccccn2)cnc1-c1ncn(-c2ccc(OC)cc2)c1C. The Labute approximate surface area is 181 Å². The Morgan fingerprint density at radius 1 is 1.00 bits per heavy atom. The van der Waals surface area contributed by atoms with Gasteiger partial charge in [-0.2, -0.15) is 0 Å². The summed E-state index contributed by atoms with van der Waals surface area (Å²) < 4.78 is 33.0. The van der Waals surface area contributed by atoms with Crippen LogP contribution < -0.4 is 4.74 Å². The van der Waals surface area contributed by atoms with E-state index in [1.807, 2.05) is 54.0 Å². The second-order valence-electron chi connectivity index (χ2n) is 6.94. The fourth-order valence-electron chi connectivity index (χ4n) is 3.33. The summed E-state index contributed by atoms with van der Waals surface area (Å²) in [6, 6.07) is 14.7. The number of nitrogens with zero attached hydrogens (tertiary/aromatic N) is 4. The molecule has 0 bridgehead atoms. The van der Waals surface area contributed by atoms with Crippen LogP contribution >= 0.6 is 0 Å². The van der Waals surface area contributed by atoms with Gasteiger partial charge in [-0.3, -0.25) is 9.97 Å². The molecule has 4 aromatic rings. The molecule has 0 saturated heterocycles. The molecule has 0 spiro atoms. The summed E-state index contributed by atoms with van der Waals surface area (Å²) in [5.74, 6) is 0.718. The summed E-state index contributed by atoms with van der Waals surface area (Å²) in [5.41, 5.74) is 3.85. The van der Waals surface area contributed by atoms with Crippen LogP contribution in [0, 0.1) is 6.92 Å². The number of ether oxygens (including phenoxy) is 1. The molecule has 1 aromatic carbocycles. The van der Waals surface area contributed by atoms with Crippen LogP contribution in [0.3, 0.4) is 0 Å². The van der Waals surface area contributed by atoms with Crippen molar-refractivity contribution in [1.82, 2.24) is 19.5 Å². The largest absolute Gasteiger partial charge is 0.497 e. The van der Waals surface area contributed by atoms with Gasteiger partial charge in [0.15, 0.2) is 9.84 Å². The zero-order chi connectivity index (χ0) is 22.0. The molecule has 0 amide bonds. The minimum atomic E-state index is -3.54. The topological polar surface area (TPSA) is 87.0 Å². The highest BCUT2D eigenvalue weighted by Gasteiger charge is 2.24. The molecule has 4 rings (SSSR count). The average molecular weight is 435 g/mol. The van der Waals surface area contributed by atoms with Crippen LogP contribution in [0.1, 0.15) is 12.6 Å². The predicted molar refractivity (Wildman–Crippen MR) is 119 cm³/mol. The first kappa shape index (κ1) is 20.7. The minimum Gasteiger partial charge on any atom is -0.497 e. The molecule has 0 unspecified atom stereocenters. The molecular formula is C23H22N4O3S. The third-order valence-electron chi connectivity index (χ3n) is 5.11. The standard InChI is InChI=1S/C23H22N4O3S/c1-4-31(28,29)21-13-17(20-7-5-6-12-24-20)14-25-23(21)22-16(2)27(15-26-22)18-8-10-19(30-3)11-9-18/h5-15H,4H2,1-3H3. The predicted octanol–water partition coefficient (Wildman–Crippen LogP) is 4.11. The first-order valence-electron chi connectivity index (χ1n) is 9.77. The van der Waals surface area contributed by atoms with Crippen LogP contribution in [-0.4, -0.2) is 40.8 Å². The quantitative estimate of drug-likeness (QED) is 0.454. The number of hydrogen-bond acceptors (Lipinski definition) is 6. The van der Waals surface area contributed by atoms with Gasteiger partial charge < -0.3 is 9.30 Å². The van der Waals surface area contributed by atoms with Gasteiger partial charge >= 0.3 is 0 Å². The van der Waals surface area contributed by atoms with Crippen molar-refractivity contribution in [1.29, 1.82) is 0 Å². The molecule has 3 aromatic heterocycles. The number of benzene rings is 1. The Kier molecular flexibility index (Phi) is 5.56. The Balaban J connectivity index is 1.85. The van der Waals surface area contributed by atoms with E-state index in [4.69, 9.17) is 4.74 Å². The Bertz CT molecular complexity index is 1310. The van der Waals surface area contributed by atoms with Crippen LogP contribution in [0.4, 0.5) is 0 Å². The minimum absolute atomic E-state index is 0.0361. The van der Waals surface area contributed by atoms with Crippen LogP contribution in [0.5, 0.6) is 5.75 Å². The Hall–Kier alpha value is -3.52. The van der Waals surface area contributed by atoms with Crippen molar-refractivity contribution in [2.75, 3.05) is 12.9 Å².